The first-order chi connectivity index (χ1) is 16.3. The summed E-state index contributed by atoms with van der Waals surface area (Å²) in [6.07, 6.45) is 15.3. The zero-order valence-electron chi connectivity index (χ0n) is 21.3. The van der Waals surface area contributed by atoms with Gasteiger partial charge >= 0.3 is 0 Å². The molecule has 0 amide bonds. The molecule has 0 aromatic heterocycles. The van der Waals surface area contributed by atoms with Gasteiger partial charge in [0.25, 0.3) is 0 Å². The average molecular weight is 462 g/mol. The molecule has 0 aliphatic carbocycles. The highest BCUT2D eigenvalue weighted by Gasteiger charge is 2.19. The van der Waals surface area contributed by atoms with Crippen molar-refractivity contribution in [2.24, 2.45) is 10.7 Å². The molecular weight excluding hydrogens is 422 g/mol. The summed E-state index contributed by atoms with van der Waals surface area (Å²) < 4.78 is 0. The number of rotatable bonds is 11. The quantitative estimate of drug-likeness (QED) is 0.156. The van der Waals surface area contributed by atoms with Crippen molar-refractivity contribution >= 4 is 5.84 Å². The molecule has 1 fully saturated rings. The molecule has 1 heterocycles. The molecule has 0 atom stereocenters. The van der Waals surface area contributed by atoms with Crippen molar-refractivity contribution in [2.45, 2.75) is 53.9 Å². The van der Waals surface area contributed by atoms with Gasteiger partial charge in [-0.15, -0.1) is 0 Å². The molecule has 6 heteroatoms. The predicted octanol–water partition coefficient (Wildman–Crippen LogP) is 5.80. The number of nitriles is 1. The highest BCUT2D eigenvalue weighted by atomic mass is 16.6. The molecule has 1 aliphatic heterocycles. The monoisotopic (exact) mass is 461 g/mol. The van der Waals surface area contributed by atoms with Gasteiger partial charge in [0.2, 0.25) is 0 Å². The Kier molecular flexibility index (Phi) is 12.8. The SMILES string of the molecule is C=CC(/C(/C=C1\C(=C)NOC\C1=C(C)/N=C(N)\C=C(\C)NCC#N)=C\CC)=C(C)\C=C/CCC. The van der Waals surface area contributed by atoms with E-state index in [1.54, 1.807) is 6.08 Å². The van der Waals surface area contributed by atoms with Crippen LogP contribution in [0.4, 0.5) is 0 Å². The molecule has 6 nitrogen and oxygen atoms in total. The Morgan fingerprint density at radius 2 is 2.06 bits per heavy atom. The van der Waals surface area contributed by atoms with Crippen LogP contribution in [0.2, 0.25) is 0 Å². The van der Waals surface area contributed by atoms with E-state index >= 15 is 0 Å². The Labute approximate surface area is 205 Å². The molecule has 1 rings (SSSR count). The Bertz CT molecular complexity index is 1010. The van der Waals surface area contributed by atoms with Crippen LogP contribution in [0.15, 0.2) is 99.6 Å². The van der Waals surface area contributed by atoms with E-state index in [9.17, 15) is 0 Å². The lowest BCUT2D eigenvalue weighted by Gasteiger charge is -2.24. The van der Waals surface area contributed by atoms with E-state index in [-0.39, 0.29) is 6.54 Å². The van der Waals surface area contributed by atoms with Crippen LogP contribution < -0.4 is 16.5 Å². The Hall–Kier alpha value is -3.56. The first-order valence-electron chi connectivity index (χ1n) is 11.6. The van der Waals surface area contributed by atoms with E-state index in [1.807, 2.05) is 26.0 Å². The first-order valence-corrected chi connectivity index (χ1v) is 11.6. The van der Waals surface area contributed by atoms with Crippen LogP contribution in [-0.2, 0) is 4.84 Å². The van der Waals surface area contributed by atoms with Gasteiger partial charge in [-0.3, -0.25) is 10.3 Å². The van der Waals surface area contributed by atoms with Gasteiger partial charge < -0.3 is 11.1 Å². The minimum absolute atomic E-state index is 0.209. The van der Waals surface area contributed by atoms with Gasteiger partial charge in [0, 0.05) is 22.5 Å². The molecule has 1 saturated heterocycles. The summed E-state index contributed by atoms with van der Waals surface area (Å²) in [6, 6.07) is 2.04. The molecule has 1 aliphatic rings. The number of hydrogen-bond acceptors (Lipinski definition) is 5. The summed E-state index contributed by atoms with van der Waals surface area (Å²) in [4.78, 5) is 10.1. The summed E-state index contributed by atoms with van der Waals surface area (Å²) in [5, 5.41) is 11.7. The van der Waals surface area contributed by atoms with E-state index in [2.05, 4.69) is 74.0 Å². The van der Waals surface area contributed by atoms with Crippen molar-refractivity contribution in [3.63, 3.8) is 0 Å². The van der Waals surface area contributed by atoms with E-state index in [0.717, 1.165) is 58.5 Å². The third-order valence-corrected chi connectivity index (χ3v) is 5.09. The molecule has 0 spiro atoms. The number of nitrogens with zero attached hydrogens (tertiary/aromatic N) is 2. The van der Waals surface area contributed by atoms with Crippen LogP contribution in [0.1, 0.15) is 53.9 Å². The summed E-state index contributed by atoms with van der Waals surface area (Å²) in [6.45, 7) is 18.8. The average Bonchev–Trinajstić information content (AvgIpc) is 2.79. The number of hydroxylamine groups is 1. The third kappa shape index (κ3) is 9.13. The molecule has 0 aromatic rings. The van der Waals surface area contributed by atoms with Crippen molar-refractivity contribution in [1.82, 2.24) is 10.8 Å². The van der Waals surface area contributed by atoms with Gasteiger partial charge in [0.05, 0.1) is 11.8 Å². The number of amidine groups is 1. The molecule has 4 N–H and O–H groups in total. The number of hydrogen-bond donors (Lipinski definition) is 3. The molecule has 0 saturated carbocycles. The van der Waals surface area contributed by atoms with Gasteiger partial charge in [-0.1, -0.05) is 57.7 Å². The largest absolute Gasteiger partial charge is 0.384 e. The lowest BCUT2D eigenvalue weighted by atomic mass is 9.93. The van der Waals surface area contributed by atoms with Gasteiger partial charge in [-0.05, 0) is 62.5 Å². The third-order valence-electron chi connectivity index (χ3n) is 5.09. The van der Waals surface area contributed by atoms with Crippen LogP contribution in [-0.4, -0.2) is 19.0 Å². The molecule has 0 bridgehead atoms. The molecule has 34 heavy (non-hydrogen) atoms. The number of nitrogens with two attached hydrogens (primary N) is 1. The minimum Gasteiger partial charge on any atom is -0.384 e. The van der Waals surface area contributed by atoms with Crippen molar-refractivity contribution in [3.8, 4) is 6.07 Å². The highest BCUT2D eigenvalue weighted by molar-refractivity contribution is 5.92. The van der Waals surface area contributed by atoms with Crippen LogP contribution in [0, 0.1) is 11.3 Å². The zero-order chi connectivity index (χ0) is 25.5. The van der Waals surface area contributed by atoms with Gasteiger partial charge in [0.1, 0.15) is 19.0 Å². The highest BCUT2D eigenvalue weighted by Crippen LogP contribution is 2.29. The molecule has 0 unspecified atom stereocenters. The molecule has 0 radical (unpaired) electrons. The fraction of sp³-hybridized carbons (Fsp3) is 0.357. The maximum atomic E-state index is 8.71. The zero-order valence-corrected chi connectivity index (χ0v) is 21.3. The van der Waals surface area contributed by atoms with Crippen LogP contribution in [0.25, 0.3) is 0 Å². The molecular formula is C28H39N5O. The lowest BCUT2D eigenvalue weighted by molar-refractivity contribution is 0.0730. The van der Waals surface area contributed by atoms with Gasteiger partial charge in [0.15, 0.2) is 0 Å². The van der Waals surface area contributed by atoms with Crippen LogP contribution in [0.5, 0.6) is 0 Å². The molecule has 182 valence electrons. The topological polar surface area (TPSA) is 95.5 Å². The van der Waals surface area contributed by atoms with Gasteiger partial charge in [-0.2, -0.15) is 5.26 Å². The normalized spacial score (nSPS) is 19.0. The standard InChI is InChI=1S/C28H39N5O/c1-8-11-12-14-20(4)25(10-3)24(13-9-2)18-26-23(7)33-34-19-27(26)22(6)32-28(30)17-21(5)31-16-15-29/h10,12-14,17-18,31,33H,3,7-9,11,16,19H2,1-2,4-6H3,(H2,30,32)/b14-12-,21-17-,24-13-,25-20+,26-18+,27-22+. The summed E-state index contributed by atoms with van der Waals surface area (Å²) in [5.74, 6) is 0.337. The number of aliphatic imine (C=N–C) groups is 1. The van der Waals surface area contributed by atoms with Crippen molar-refractivity contribution < 1.29 is 4.84 Å². The van der Waals surface area contributed by atoms with E-state index in [1.165, 1.54) is 0 Å². The predicted molar refractivity (Wildman–Crippen MR) is 143 cm³/mol. The minimum atomic E-state index is 0.209. The second kappa shape index (κ2) is 15.3. The van der Waals surface area contributed by atoms with E-state index in [4.69, 9.17) is 15.8 Å². The maximum Gasteiger partial charge on any atom is 0.125 e. The number of unbranched alkanes of at least 4 members (excludes halogenated alkanes) is 1. The lowest BCUT2D eigenvalue weighted by Crippen LogP contribution is -2.25. The Balaban J connectivity index is 3.53. The second-order valence-electron chi connectivity index (χ2n) is 7.93. The Morgan fingerprint density at radius 1 is 1.32 bits per heavy atom. The van der Waals surface area contributed by atoms with E-state index < -0.39 is 0 Å². The first kappa shape index (κ1) is 28.5. The summed E-state index contributed by atoms with van der Waals surface area (Å²) in [7, 11) is 0. The maximum absolute atomic E-state index is 8.71. The summed E-state index contributed by atoms with van der Waals surface area (Å²) in [5.41, 5.74) is 16.3. The number of allylic oxidation sites excluding steroid dienone is 11. The van der Waals surface area contributed by atoms with E-state index in [0.29, 0.717) is 18.1 Å². The van der Waals surface area contributed by atoms with Crippen molar-refractivity contribution in [3.05, 3.63) is 94.6 Å². The molecule has 0 aromatic carbocycles. The Morgan fingerprint density at radius 3 is 2.68 bits per heavy atom. The van der Waals surface area contributed by atoms with Crippen LogP contribution in [0.3, 0.4) is 0 Å². The summed E-state index contributed by atoms with van der Waals surface area (Å²) >= 11 is 0. The second-order valence-corrected chi connectivity index (χ2v) is 7.93. The fourth-order valence-electron chi connectivity index (χ4n) is 3.37. The smallest absolute Gasteiger partial charge is 0.125 e. The van der Waals surface area contributed by atoms with Crippen molar-refractivity contribution in [2.75, 3.05) is 13.2 Å². The van der Waals surface area contributed by atoms with Crippen molar-refractivity contribution in [1.29, 1.82) is 5.26 Å². The van der Waals surface area contributed by atoms with Crippen LogP contribution >= 0.6 is 0 Å². The number of nitrogens with one attached hydrogen (secondary N) is 2. The fourth-order valence-corrected chi connectivity index (χ4v) is 3.37. The van der Waals surface area contributed by atoms with Gasteiger partial charge in [-0.25, -0.2) is 4.99 Å².